The van der Waals surface area contributed by atoms with E-state index < -0.39 is 0 Å². The Hall–Kier alpha value is -2.93. The molecule has 0 fully saturated rings. The zero-order valence-corrected chi connectivity index (χ0v) is 12.3. The Morgan fingerprint density at radius 1 is 0.545 bits per heavy atom. The normalized spacial score (nSPS) is 11.3. The second-order valence-electron chi connectivity index (χ2n) is 4.97. The predicted octanol–water partition coefficient (Wildman–Crippen LogP) is 5.42. The third-order valence-electron chi connectivity index (χ3n) is 3.36. The third kappa shape index (κ3) is 3.80. The van der Waals surface area contributed by atoms with Gasteiger partial charge in [-0.3, -0.25) is 4.98 Å². The summed E-state index contributed by atoms with van der Waals surface area (Å²) in [4.78, 5) is 4.47. The van der Waals surface area contributed by atoms with E-state index in [0.29, 0.717) is 0 Å². The number of aromatic nitrogens is 1. The molecule has 1 aromatic heterocycles. The molecule has 0 saturated heterocycles. The number of rotatable bonds is 4. The van der Waals surface area contributed by atoms with Crippen LogP contribution in [0.15, 0.2) is 79.0 Å². The maximum Gasteiger partial charge on any atom is 0.0702 e. The highest BCUT2D eigenvalue weighted by Gasteiger charge is 1.96. The van der Waals surface area contributed by atoms with E-state index in [4.69, 9.17) is 0 Å². The van der Waals surface area contributed by atoms with Crippen molar-refractivity contribution in [3.05, 3.63) is 101 Å². The SMILES string of the molecule is C(=Cc1cccnc1C=Cc1ccccc1)c1ccccc1. The molecule has 3 rings (SSSR count). The van der Waals surface area contributed by atoms with Crippen molar-refractivity contribution in [3.8, 4) is 0 Å². The Kier molecular flexibility index (Phi) is 4.58. The van der Waals surface area contributed by atoms with E-state index in [2.05, 4.69) is 59.6 Å². The molecule has 1 heterocycles. The molecule has 0 radical (unpaired) electrons. The van der Waals surface area contributed by atoms with Crippen LogP contribution in [0, 0.1) is 0 Å². The zero-order chi connectivity index (χ0) is 15.0. The lowest BCUT2D eigenvalue weighted by atomic mass is 10.1. The Labute approximate surface area is 131 Å². The monoisotopic (exact) mass is 283 g/mol. The fraction of sp³-hybridized carbons (Fsp3) is 0. The van der Waals surface area contributed by atoms with E-state index in [1.165, 1.54) is 11.1 Å². The Balaban J connectivity index is 1.84. The summed E-state index contributed by atoms with van der Waals surface area (Å²) in [6.07, 6.45) is 10.2. The minimum atomic E-state index is 0.971. The van der Waals surface area contributed by atoms with E-state index >= 15 is 0 Å². The lowest BCUT2D eigenvalue weighted by Crippen LogP contribution is -1.85. The first-order valence-electron chi connectivity index (χ1n) is 7.33. The van der Waals surface area contributed by atoms with E-state index in [0.717, 1.165) is 11.3 Å². The van der Waals surface area contributed by atoms with Gasteiger partial charge in [0.2, 0.25) is 0 Å². The average Bonchev–Trinajstić information content (AvgIpc) is 2.61. The molecular formula is C21H17N. The summed E-state index contributed by atoms with van der Waals surface area (Å²) in [6.45, 7) is 0. The number of pyridine rings is 1. The Bertz CT molecular complexity index is 703. The molecule has 0 aliphatic carbocycles. The van der Waals surface area contributed by atoms with Crippen molar-refractivity contribution in [2.75, 3.05) is 0 Å². The molecule has 0 bridgehead atoms. The van der Waals surface area contributed by atoms with Gasteiger partial charge in [0, 0.05) is 11.8 Å². The maximum absolute atomic E-state index is 4.47. The van der Waals surface area contributed by atoms with Gasteiger partial charge in [0.25, 0.3) is 0 Å². The van der Waals surface area contributed by atoms with Crippen molar-refractivity contribution in [1.29, 1.82) is 0 Å². The van der Waals surface area contributed by atoms with Gasteiger partial charge in [0.15, 0.2) is 0 Å². The first-order chi connectivity index (χ1) is 10.9. The van der Waals surface area contributed by atoms with E-state index in [9.17, 15) is 0 Å². The molecule has 0 N–H and O–H groups in total. The standard InChI is InChI=1S/C21H17N/c1-3-8-18(9-4-1)13-15-20-12-7-17-22-21(20)16-14-19-10-5-2-6-11-19/h1-17H. The van der Waals surface area contributed by atoms with Crippen LogP contribution >= 0.6 is 0 Å². The minimum Gasteiger partial charge on any atom is -0.256 e. The Morgan fingerprint density at radius 3 is 1.77 bits per heavy atom. The fourth-order valence-electron chi connectivity index (χ4n) is 2.20. The summed E-state index contributed by atoms with van der Waals surface area (Å²) in [6, 6.07) is 24.6. The summed E-state index contributed by atoms with van der Waals surface area (Å²) in [5.41, 5.74) is 4.44. The predicted molar refractivity (Wildman–Crippen MR) is 95.0 cm³/mol. The molecular weight excluding hydrogens is 266 g/mol. The maximum atomic E-state index is 4.47. The fourth-order valence-corrected chi connectivity index (χ4v) is 2.20. The van der Waals surface area contributed by atoms with Crippen molar-refractivity contribution in [2.24, 2.45) is 0 Å². The summed E-state index contributed by atoms with van der Waals surface area (Å²) < 4.78 is 0. The minimum absolute atomic E-state index is 0.971. The van der Waals surface area contributed by atoms with Gasteiger partial charge in [-0.1, -0.05) is 85.0 Å². The highest BCUT2D eigenvalue weighted by molar-refractivity contribution is 5.77. The lowest BCUT2D eigenvalue weighted by Gasteiger charge is -2.00. The van der Waals surface area contributed by atoms with E-state index in [-0.39, 0.29) is 0 Å². The molecule has 0 unspecified atom stereocenters. The first-order valence-corrected chi connectivity index (χ1v) is 7.33. The molecule has 3 aromatic rings. The van der Waals surface area contributed by atoms with Crippen molar-refractivity contribution in [2.45, 2.75) is 0 Å². The topological polar surface area (TPSA) is 12.9 Å². The summed E-state index contributed by atoms with van der Waals surface area (Å²) in [5, 5.41) is 0. The molecule has 22 heavy (non-hydrogen) atoms. The second-order valence-corrected chi connectivity index (χ2v) is 4.97. The summed E-state index contributed by atoms with van der Waals surface area (Å²) in [7, 11) is 0. The molecule has 0 saturated carbocycles. The molecule has 0 spiro atoms. The van der Waals surface area contributed by atoms with Crippen LogP contribution in [-0.4, -0.2) is 4.98 Å². The molecule has 0 aliphatic heterocycles. The summed E-state index contributed by atoms with van der Waals surface area (Å²) in [5.74, 6) is 0. The number of hydrogen-bond acceptors (Lipinski definition) is 1. The van der Waals surface area contributed by atoms with Crippen LogP contribution in [0.1, 0.15) is 22.4 Å². The van der Waals surface area contributed by atoms with Crippen molar-refractivity contribution < 1.29 is 0 Å². The Morgan fingerprint density at radius 2 is 1.14 bits per heavy atom. The highest BCUT2D eigenvalue weighted by Crippen LogP contribution is 2.14. The lowest BCUT2D eigenvalue weighted by molar-refractivity contribution is 1.28. The average molecular weight is 283 g/mol. The van der Waals surface area contributed by atoms with Gasteiger partial charge in [-0.05, 0) is 23.3 Å². The molecule has 106 valence electrons. The van der Waals surface area contributed by atoms with Gasteiger partial charge in [0.1, 0.15) is 0 Å². The second kappa shape index (κ2) is 7.19. The number of nitrogens with zero attached hydrogens (tertiary/aromatic N) is 1. The van der Waals surface area contributed by atoms with Gasteiger partial charge < -0.3 is 0 Å². The molecule has 0 atom stereocenters. The first kappa shape index (κ1) is 14.0. The third-order valence-corrected chi connectivity index (χ3v) is 3.36. The molecule has 2 aromatic carbocycles. The molecule has 1 heteroatoms. The van der Waals surface area contributed by atoms with Crippen LogP contribution in [0.4, 0.5) is 0 Å². The van der Waals surface area contributed by atoms with Crippen LogP contribution in [0.25, 0.3) is 24.3 Å². The van der Waals surface area contributed by atoms with Crippen LogP contribution in [0.2, 0.25) is 0 Å². The van der Waals surface area contributed by atoms with Gasteiger partial charge in [-0.15, -0.1) is 0 Å². The van der Waals surface area contributed by atoms with Crippen LogP contribution in [0.3, 0.4) is 0 Å². The van der Waals surface area contributed by atoms with Gasteiger partial charge in [-0.25, -0.2) is 0 Å². The van der Waals surface area contributed by atoms with Crippen molar-refractivity contribution in [1.82, 2.24) is 4.98 Å². The smallest absolute Gasteiger partial charge is 0.0702 e. The van der Waals surface area contributed by atoms with Crippen LogP contribution in [0.5, 0.6) is 0 Å². The van der Waals surface area contributed by atoms with Crippen molar-refractivity contribution in [3.63, 3.8) is 0 Å². The highest BCUT2D eigenvalue weighted by atomic mass is 14.7. The number of benzene rings is 2. The quantitative estimate of drug-likeness (QED) is 0.622. The zero-order valence-electron chi connectivity index (χ0n) is 12.3. The number of hydrogen-bond donors (Lipinski definition) is 0. The molecule has 0 amide bonds. The largest absolute Gasteiger partial charge is 0.256 e. The molecule has 0 aliphatic rings. The summed E-state index contributed by atoms with van der Waals surface area (Å²) >= 11 is 0. The van der Waals surface area contributed by atoms with Crippen molar-refractivity contribution >= 4 is 24.3 Å². The van der Waals surface area contributed by atoms with Gasteiger partial charge in [0.05, 0.1) is 5.69 Å². The molecule has 1 nitrogen and oxygen atoms in total. The van der Waals surface area contributed by atoms with E-state index in [1.54, 1.807) is 0 Å². The van der Waals surface area contributed by atoms with Crippen LogP contribution in [-0.2, 0) is 0 Å². The van der Waals surface area contributed by atoms with Gasteiger partial charge in [-0.2, -0.15) is 0 Å². The van der Waals surface area contributed by atoms with Crippen LogP contribution < -0.4 is 0 Å². The van der Waals surface area contributed by atoms with Gasteiger partial charge >= 0.3 is 0 Å². The van der Waals surface area contributed by atoms with E-state index in [1.807, 2.05) is 48.7 Å².